The molecular weight excluding hydrogens is 322 g/mol. The number of carbonyl (C=O) groups is 2. The molecule has 3 aromatic rings. The molecule has 5 nitrogen and oxygen atoms in total. The molecule has 0 fully saturated rings. The number of nitrogens with one attached hydrogen (secondary N) is 2. The van der Waals surface area contributed by atoms with Crippen molar-refractivity contribution in [3.05, 3.63) is 65.2 Å². The molecule has 24 heavy (non-hydrogen) atoms. The van der Waals surface area contributed by atoms with Gasteiger partial charge in [0.05, 0.1) is 10.2 Å². The number of fused-ring (bicyclic) bond motifs is 1. The fourth-order valence-electron chi connectivity index (χ4n) is 2.17. The van der Waals surface area contributed by atoms with Crippen molar-refractivity contribution in [2.75, 3.05) is 12.4 Å². The van der Waals surface area contributed by atoms with Gasteiger partial charge in [-0.1, -0.05) is 18.2 Å². The first-order valence-electron chi connectivity index (χ1n) is 7.32. The predicted molar refractivity (Wildman–Crippen MR) is 97.1 cm³/mol. The van der Waals surface area contributed by atoms with Crippen LogP contribution in [0.3, 0.4) is 0 Å². The fourth-order valence-corrected chi connectivity index (χ4v) is 3.05. The van der Waals surface area contributed by atoms with E-state index in [1.165, 1.54) is 17.4 Å². The summed E-state index contributed by atoms with van der Waals surface area (Å²) in [7, 11) is 1.56. The number of hydrogen-bond donors (Lipinski definition) is 2. The maximum Gasteiger partial charge on any atom is 0.251 e. The summed E-state index contributed by atoms with van der Waals surface area (Å²) in [4.78, 5) is 28.1. The van der Waals surface area contributed by atoms with Crippen LogP contribution in [0.5, 0.6) is 0 Å². The summed E-state index contributed by atoms with van der Waals surface area (Å²) in [6, 6.07) is 14.6. The van der Waals surface area contributed by atoms with Crippen molar-refractivity contribution in [2.45, 2.75) is 0 Å². The van der Waals surface area contributed by atoms with Gasteiger partial charge < -0.3 is 10.6 Å². The third kappa shape index (κ3) is 3.67. The molecule has 0 spiro atoms. The Labute approximate surface area is 143 Å². The van der Waals surface area contributed by atoms with E-state index in [1.54, 1.807) is 37.4 Å². The summed E-state index contributed by atoms with van der Waals surface area (Å²) in [6.07, 6.45) is 3.12. The molecule has 3 rings (SSSR count). The van der Waals surface area contributed by atoms with E-state index in [-0.39, 0.29) is 11.8 Å². The topological polar surface area (TPSA) is 71.1 Å². The maximum atomic E-state index is 12.0. The van der Waals surface area contributed by atoms with Crippen LogP contribution in [0.2, 0.25) is 0 Å². The number of carbonyl (C=O) groups excluding carboxylic acids is 2. The SMILES string of the molecule is CNC(=O)c1cccc(NC(=O)C=Cc2nc3ccccc3s2)c1. The van der Waals surface area contributed by atoms with Gasteiger partial charge in [-0.25, -0.2) is 4.98 Å². The van der Waals surface area contributed by atoms with Crippen LogP contribution in [0.1, 0.15) is 15.4 Å². The molecule has 2 N–H and O–H groups in total. The lowest BCUT2D eigenvalue weighted by Gasteiger charge is -2.04. The molecule has 0 aliphatic heterocycles. The minimum atomic E-state index is -0.275. The average Bonchev–Trinajstić information content (AvgIpc) is 3.02. The Hall–Kier alpha value is -2.99. The van der Waals surface area contributed by atoms with Crippen LogP contribution in [-0.2, 0) is 4.79 Å². The lowest BCUT2D eigenvalue weighted by molar-refractivity contribution is -0.111. The number of aromatic nitrogens is 1. The number of rotatable bonds is 4. The van der Waals surface area contributed by atoms with Gasteiger partial charge in [-0.2, -0.15) is 0 Å². The summed E-state index contributed by atoms with van der Waals surface area (Å²) in [5.74, 6) is -0.473. The van der Waals surface area contributed by atoms with Crippen molar-refractivity contribution >= 4 is 45.1 Å². The number of para-hydroxylation sites is 1. The van der Waals surface area contributed by atoms with Gasteiger partial charge in [-0.3, -0.25) is 9.59 Å². The minimum absolute atomic E-state index is 0.198. The second kappa shape index (κ2) is 7.06. The van der Waals surface area contributed by atoms with Crippen LogP contribution in [0, 0.1) is 0 Å². The zero-order valence-corrected chi connectivity index (χ0v) is 13.8. The van der Waals surface area contributed by atoms with E-state index in [0.29, 0.717) is 11.3 Å². The normalized spacial score (nSPS) is 10.9. The lowest BCUT2D eigenvalue weighted by atomic mass is 10.2. The van der Waals surface area contributed by atoms with Crippen molar-refractivity contribution in [3.63, 3.8) is 0 Å². The lowest BCUT2D eigenvalue weighted by Crippen LogP contribution is -2.18. The smallest absolute Gasteiger partial charge is 0.251 e. The van der Waals surface area contributed by atoms with Gasteiger partial charge in [0.2, 0.25) is 5.91 Å². The Morgan fingerprint density at radius 3 is 2.75 bits per heavy atom. The molecule has 6 heteroatoms. The molecule has 1 heterocycles. The first-order valence-corrected chi connectivity index (χ1v) is 8.14. The molecular formula is C18H15N3O2S. The predicted octanol–water partition coefficient (Wildman–Crippen LogP) is 3.31. The zero-order chi connectivity index (χ0) is 16.9. The molecule has 2 aromatic carbocycles. The largest absolute Gasteiger partial charge is 0.355 e. The third-order valence-electron chi connectivity index (χ3n) is 3.31. The molecule has 0 atom stereocenters. The van der Waals surface area contributed by atoms with E-state index in [9.17, 15) is 9.59 Å². The van der Waals surface area contributed by atoms with E-state index < -0.39 is 0 Å². The molecule has 120 valence electrons. The molecule has 0 radical (unpaired) electrons. The van der Waals surface area contributed by atoms with Gasteiger partial charge in [-0.05, 0) is 36.4 Å². The Morgan fingerprint density at radius 1 is 1.12 bits per heavy atom. The highest BCUT2D eigenvalue weighted by atomic mass is 32.1. The van der Waals surface area contributed by atoms with Crippen LogP contribution in [0.4, 0.5) is 5.69 Å². The van der Waals surface area contributed by atoms with Crippen LogP contribution in [0.25, 0.3) is 16.3 Å². The Kier molecular flexibility index (Phi) is 4.67. The summed E-state index contributed by atoms with van der Waals surface area (Å²) in [5, 5.41) is 6.05. The molecule has 0 saturated carbocycles. The number of anilines is 1. The van der Waals surface area contributed by atoms with E-state index in [4.69, 9.17) is 0 Å². The standard InChI is InChI=1S/C18H15N3O2S/c1-19-18(23)12-5-4-6-13(11-12)20-16(22)9-10-17-21-14-7-2-3-8-15(14)24-17/h2-11H,1H3,(H,19,23)(H,20,22). The monoisotopic (exact) mass is 337 g/mol. The van der Waals surface area contributed by atoms with Crippen LogP contribution >= 0.6 is 11.3 Å². The first-order chi connectivity index (χ1) is 11.7. The van der Waals surface area contributed by atoms with Gasteiger partial charge in [0.1, 0.15) is 5.01 Å². The second-order valence-electron chi connectivity index (χ2n) is 5.00. The Balaban J connectivity index is 1.70. The van der Waals surface area contributed by atoms with E-state index in [1.807, 2.05) is 24.3 Å². The van der Waals surface area contributed by atoms with Crippen LogP contribution in [-0.4, -0.2) is 23.8 Å². The number of thiazole rings is 1. The van der Waals surface area contributed by atoms with Gasteiger partial charge >= 0.3 is 0 Å². The highest BCUT2D eigenvalue weighted by molar-refractivity contribution is 7.19. The minimum Gasteiger partial charge on any atom is -0.355 e. The van der Waals surface area contributed by atoms with Crippen molar-refractivity contribution < 1.29 is 9.59 Å². The summed E-state index contributed by atoms with van der Waals surface area (Å²) < 4.78 is 1.08. The first kappa shape index (κ1) is 15.9. The van der Waals surface area contributed by atoms with Gasteiger partial charge in [0.25, 0.3) is 5.91 Å². The Morgan fingerprint density at radius 2 is 1.96 bits per heavy atom. The molecule has 0 bridgehead atoms. The van der Waals surface area contributed by atoms with Gasteiger partial charge in [-0.15, -0.1) is 11.3 Å². The van der Waals surface area contributed by atoms with E-state index in [2.05, 4.69) is 15.6 Å². The number of nitrogens with zero attached hydrogens (tertiary/aromatic N) is 1. The summed E-state index contributed by atoms with van der Waals surface area (Å²) in [5.41, 5.74) is 1.97. The number of hydrogen-bond acceptors (Lipinski definition) is 4. The highest BCUT2D eigenvalue weighted by Crippen LogP contribution is 2.22. The number of benzene rings is 2. The van der Waals surface area contributed by atoms with Crippen molar-refractivity contribution in [1.29, 1.82) is 0 Å². The van der Waals surface area contributed by atoms with Crippen molar-refractivity contribution in [3.8, 4) is 0 Å². The van der Waals surface area contributed by atoms with Crippen LogP contribution < -0.4 is 10.6 Å². The molecule has 0 aliphatic carbocycles. The van der Waals surface area contributed by atoms with Crippen molar-refractivity contribution in [1.82, 2.24) is 10.3 Å². The fraction of sp³-hybridized carbons (Fsp3) is 0.0556. The molecule has 2 amide bonds. The average molecular weight is 337 g/mol. The summed E-state index contributed by atoms with van der Waals surface area (Å²) in [6.45, 7) is 0. The molecule has 0 saturated heterocycles. The summed E-state index contributed by atoms with van der Waals surface area (Å²) >= 11 is 1.52. The molecule has 1 aromatic heterocycles. The zero-order valence-electron chi connectivity index (χ0n) is 12.9. The molecule has 0 aliphatic rings. The van der Waals surface area contributed by atoms with Gasteiger partial charge in [0, 0.05) is 24.4 Å². The third-order valence-corrected chi connectivity index (χ3v) is 4.31. The second-order valence-corrected chi connectivity index (χ2v) is 6.06. The number of amides is 2. The van der Waals surface area contributed by atoms with E-state index >= 15 is 0 Å². The highest BCUT2D eigenvalue weighted by Gasteiger charge is 2.05. The maximum absolute atomic E-state index is 12.0. The van der Waals surface area contributed by atoms with Crippen molar-refractivity contribution in [2.24, 2.45) is 0 Å². The Bertz CT molecular complexity index is 898. The quantitative estimate of drug-likeness (QED) is 0.718. The van der Waals surface area contributed by atoms with Crippen LogP contribution in [0.15, 0.2) is 54.6 Å². The van der Waals surface area contributed by atoms with E-state index in [0.717, 1.165) is 15.2 Å². The van der Waals surface area contributed by atoms with Gasteiger partial charge in [0.15, 0.2) is 0 Å². The molecule has 0 unspecified atom stereocenters.